The molecule has 0 aromatic rings. The van der Waals surface area contributed by atoms with Gasteiger partial charge in [-0.15, -0.1) is 0 Å². The third-order valence-corrected chi connectivity index (χ3v) is 3.03. The molecule has 0 radical (unpaired) electrons. The van der Waals surface area contributed by atoms with E-state index < -0.39 is 0 Å². The van der Waals surface area contributed by atoms with E-state index in [4.69, 9.17) is 5.84 Å². The Morgan fingerprint density at radius 3 is 2.73 bits per heavy atom. The van der Waals surface area contributed by atoms with E-state index in [1.54, 1.807) is 0 Å². The largest absolute Gasteiger partial charge is 0.305 e. The van der Waals surface area contributed by atoms with Gasteiger partial charge in [0.1, 0.15) is 0 Å². The zero-order chi connectivity index (χ0) is 11.3. The Morgan fingerprint density at radius 2 is 2.13 bits per heavy atom. The summed E-state index contributed by atoms with van der Waals surface area (Å²) < 4.78 is 0. The molecule has 5 heteroatoms. The van der Waals surface area contributed by atoms with Crippen molar-refractivity contribution in [3.63, 3.8) is 0 Å². The number of rotatable bonds is 3. The number of carbonyl (C=O) groups excluding carboxylic acids is 1. The molecule has 5 nitrogen and oxygen atoms in total. The van der Waals surface area contributed by atoms with E-state index in [9.17, 15) is 4.79 Å². The molecule has 0 saturated carbocycles. The summed E-state index contributed by atoms with van der Waals surface area (Å²) in [5.74, 6) is 5.12. The number of nitrogens with one attached hydrogen (secondary N) is 1. The number of nitrogens with two attached hydrogens (primary N) is 1. The van der Waals surface area contributed by atoms with Gasteiger partial charge in [-0.25, -0.2) is 5.84 Å². The van der Waals surface area contributed by atoms with E-state index in [-0.39, 0.29) is 11.9 Å². The minimum Gasteiger partial charge on any atom is -0.305 e. The first-order valence-electron chi connectivity index (χ1n) is 5.62. The Hall–Kier alpha value is -0.650. The molecule has 3 N–H and O–H groups in total. The standard InChI is InChI=1S/C10H22N4O/c1-3-9(10(15)12-11)14-6-4-5-13(2)7-8-14/h9H,3-8,11H2,1-2H3,(H,12,15). The van der Waals surface area contributed by atoms with Crippen LogP contribution in [0.5, 0.6) is 0 Å². The van der Waals surface area contributed by atoms with Crippen LogP contribution in [-0.4, -0.2) is 55.0 Å². The van der Waals surface area contributed by atoms with Crippen LogP contribution in [0.25, 0.3) is 0 Å². The molecule has 1 heterocycles. The first-order valence-corrected chi connectivity index (χ1v) is 5.62. The van der Waals surface area contributed by atoms with Crippen molar-refractivity contribution in [3.05, 3.63) is 0 Å². The van der Waals surface area contributed by atoms with Crippen molar-refractivity contribution in [2.75, 3.05) is 33.2 Å². The van der Waals surface area contributed by atoms with Crippen LogP contribution in [0, 0.1) is 0 Å². The second-order valence-electron chi connectivity index (χ2n) is 4.13. The minimum atomic E-state index is -0.0681. The molecule has 15 heavy (non-hydrogen) atoms. The summed E-state index contributed by atoms with van der Waals surface area (Å²) in [6.45, 7) is 6.08. The molecule has 0 aliphatic carbocycles. The van der Waals surface area contributed by atoms with Crippen molar-refractivity contribution in [3.8, 4) is 0 Å². The van der Waals surface area contributed by atoms with Crippen LogP contribution >= 0.6 is 0 Å². The fourth-order valence-corrected chi connectivity index (χ4v) is 2.08. The highest BCUT2D eigenvalue weighted by Crippen LogP contribution is 2.08. The number of hydrogen-bond acceptors (Lipinski definition) is 4. The van der Waals surface area contributed by atoms with E-state index in [1.165, 1.54) is 0 Å². The normalized spacial score (nSPS) is 22.1. The van der Waals surface area contributed by atoms with Gasteiger partial charge in [0.05, 0.1) is 6.04 Å². The van der Waals surface area contributed by atoms with Crippen molar-refractivity contribution in [2.24, 2.45) is 5.84 Å². The van der Waals surface area contributed by atoms with Crippen LogP contribution in [0.3, 0.4) is 0 Å². The lowest BCUT2D eigenvalue weighted by Gasteiger charge is -2.28. The third kappa shape index (κ3) is 3.44. The molecule has 1 amide bonds. The van der Waals surface area contributed by atoms with Crippen molar-refractivity contribution in [1.82, 2.24) is 15.2 Å². The molecule has 1 aliphatic rings. The van der Waals surface area contributed by atoms with Gasteiger partial charge in [0.25, 0.3) is 5.91 Å². The summed E-state index contributed by atoms with van der Waals surface area (Å²) in [5.41, 5.74) is 2.25. The highest BCUT2D eigenvalue weighted by Gasteiger charge is 2.24. The first-order chi connectivity index (χ1) is 7.19. The van der Waals surface area contributed by atoms with E-state index in [0.717, 1.165) is 39.0 Å². The predicted molar refractivity (Wildman–Crippen MR) is 60.1 cm³/mol. The van der Waals surface area contributed by atoms with Crippen molar-refractivity contribution in [2.45, 2.75) is 25.8 Å². The summed E-state index contributed by atoms with van der Waals surface area (Å²) in [6.07, 6.45) is 1.93. The molecule has 0 aromatic carbocycles. The van der Waals surface area contributed by atoms with Crippen molar-refractivity contribution < 1.29 is 4.79 Å². The van der Waals surface area contributed by atoms with Crippen LogP contribution in [0.4, 0.5) is 0 Å². The van der Waals surface area contributed by atoms with E-state index in [2.05, 4.69) is 22.3 Å². The molecule has 1 atom stereocenters. The monoisotopic (exact) mass is 214 g/mol. The average molecular weight is 214 g/mol. The molecule has 88 valence electrons. The van der Waals surface area contributed by atoms with E-state index in [1.807, 2.05) is 6.92 Å². The number of hydrogen-bond donors (Lipinski definition) is 2. The van der Waals surface area contributed by atoms with E-state index >= 15 is 0 Å². The Bertz CT molecular complexity index is 210. The molecule has 0 bridgehead atoms. The van der Waals surface area contributed by atoms with Gasteiger partial charge in [0, 0.05) is 19.6 Å². The van der Waals surface area contributed by atoms with Gasteiger partial charge in [-0.2, -0.15) is 0 Å². The molecule has 0 aromatic heterocycles. The lowest BCUT2D eigenvalue weighted by Crippen LogP contribution is -2.49. The Morgan fingerprint density at radius 1 is 1.40 bits per heavy atom. The number of carbonyl (C=O) groups is 1. The average Bonchev–Trinajstić information content (AvgIpc) is 2.45. The molecular formula is C10H22N4O. The lowest BCUT2D eigenvalue weighted by atomic mass is 10.1. The quantitative estimate of drug-likeness (QED) is 0.374. The zero-order valence-corrected chi connectivity index (χ0v) is 9.70. The Balaban J connectivity index is 2.55. The molecular weight excluding hydrogens is 192 g/mol. The topological polar surface area (TPSA) is 61.6 Å². The van der Waals surface area contributed by atoms with Gasteiger partial charge < -0.3 is 4.90 Å². The molecule has 1 fully saturated rings. The van der Waals surface area contributed by atoms with Gasteiger partial charge in [-0.1, -0.05) is 6.92 Å². The van der Waals surface area contributed by atoms with Gasteiger partial charge in [0.2, 0.25) is 0 Å². The van der Waals surface area contributed by atoms with Crippen molar-refractivity contribution in [1.29, 1.82) is 0 Å². The maximum Gasteiger partial charge on any atom is 0.251 e. The first kappa shape index (κ1) is 12.4. The lowest BCUT2D eigenvalue weighted by molar-refractivity contribution is -0.126. The molecule has 1 rings (SSSR count). The summed E-state index contributed by atoms with van der Waals surface area (Å²) in [4.78, 5) is 16.1. The highest BCUT2D eigenvalue weighted by atomic mass is 16.2. The number of hydrazine groups is 1. The summed E-state index contributed by atoms with van der Waals surface area (Å²) in [5, 5.41) is 0. The smallest absolute Gasteiger partial charge is 0.251 e. The second kappa shape index (κ2) is 6.05. The fourth-order valence-electron chi connectivity index (χ4n) is 2.08. The summed E-state index contributed by atoms with van der Waals surface area (Å²) in [6, 6.07) is -0.0681. The van der Waals surface area contributed by atoms with Crippen LogP contribution in [0.2, 0.25) is 0 Å². The zero-order valence-electron chi connectivity index (χ0n) is 9.70. The van der Waals surface area contributed by atoms with Crippen molar-refractivity contribution >= 4 is 5.91 Å². The maximum atomic E-state index is 11.5. The highest BCUT2D eigenvalue weighted by molar-refractivity contribution is 5.81. The molecule has 1 saturated heterocycles. The minimum absolute atomic E-state index is 0.0675. The van der Waals surface area contributed by atoms with Gasteiger partial charge in [-0.05, 0) is 26.4 Å². The second-order valence-corrected chi connectivity index (χ2v) is 4.13. The van der Waals surface area contributed by atoms with Crippen LogP contribution in [-0.2, 0) is 4.79 Å². The fraction of sp³-hybridized carbons (Fsp3) is 0.900. The van der Waals surface area contributed by atoms with Crippen LogP contribution in [0.15, 0.2) is 0 Å². The van der Waals surface area contributed by atoms with Gasteiger partial charge >= 0.3 is 0 Å². The molecule has 0 spiro atoms. The number of likely N-dealkylation sites (N-methyl/N-ethyl adjacent to an activating group) is 1. The van der Waals surface area contributed by atoms with Crippen LogP contribution in [0.1, 0.15) is 19.8 Å². The number of amides is 1. The van der Waals surface area contributed by atoms with Crippen LogP contribution < -0.4 is 11.3 Å². The Kier molecular flexibility index (Phi) is 5.01. The number of nitrogens with zero attached hydrogens (tertiary/aromatic N) is 2. The van der Waals surface area contributed by atoms with Gasteiger partial charge in [0.15, 0.2) is 0 Å². The SMILES string of the molecule is CCC(C(=O)NN)N1CCCN(C)CC1. The summed E-state index contributed by atoms with van der Waals surface area (Å²) in [7, 11) is 2.12. The summed E-state index contributed by atoms with van der Waals surface area (Å²) >= 11 is 0. The van der Waals surface area contributed by atoms with Gasteiger partial charge in [-0.3, -0.25) is 15.1 Å². The molecule has 1 unspecified atom stereocenters. The maximum absolute atomic E-state index is 11.5. The Labute approximate surface area is 91.6 Å². The predicted octanol–water partition coefficient (Wildman–Crippen LogP) is -0.608. The molecule has 1 aliphatic heterocycles. The van der Waals surface area contributed by atoms with E-state index in [0.29, 0.717) is 0 Å². The third-order valence-electron chi connectivity index (χ3n) is 3.03.